The van der Waals surface area contributed by atoms with E-state index in [9.17, 15) is 13.2 Å². The van der Waals surface area contributed by atoms with Gasteiger partial charge in [-0.3, -0.25) is 0 Å². The first-order chi connectivity index (χ1) is 19.7. The number of nitrogens with zero attached hydrogens (tertiary/aromatic N) is 2. The van der Waals surface area contributed by atoms with Gasteiger partial charge in [0.2, 0.25) is 15.2 Å². The van der Waals surface area contributed by atoms with Crippen LogP contribution in [0, 0.1) is 5.92 Å². The molecule has 0 spiro atoms. The second-order valence-electron chi connectivity index (χ2n) is 9.71. The Morgan fingerprint density at radius 2 is 1.73 bits per heavy atom. The number of benzene rings is 3. The van der Waals surface area contributed by atoms with E-state index >= 15 is 0 Å². The zero-order valence-corrected chi connectivity index (χ0v) is 24.1. The van der Waals surface area contributed by atoms with E-state index in [0.717, 1.165) is 46.4 Å². The molecule has 4 N–H and O–H groups in total. The average molecular weight is 587 g/mol. The molecule has 210 valence electrons. The highest BCUT2D eigenvalue weighted by molar-refractivity contribution is 7.89. The lowest BCUT2D eigenvalue weighted by atomic mass is 9.92. The Bertz CT molecular complexity index is 1720. The largest absolute Gasteiger partial charge is 0.461 e. The third kappa shape index (κ3) is 6.97. The topological polar surface area (TPSA) is 138 Å². The van der Waals surface area contributed by atoms with Crippen LogP contribution in [0.25, 0.3) is 16.8 Å². The minimum atomic E-state index is -3.81. The van der Waals surface area contributed by atoms with Gasteiger partial charge in [0.1, 0.15) is 0 Å². The molecule has 4 aromatic rings. The van der Waals surface area contributed by atoms with Gasteiger partial charge in [-0.15, -0.1) is 11.3 Å². The molecule has 0 bridgehead atoms. The molecule has 41 heavy (non-hydrogen) atoms. The number of esters is 1. The molecule has 0 unspecified atom stereocenters. The van der Waals surface area contributed by atoms with Crippen LogP contribution in [0.2, 0.25) is 0 Å². The van der Waals surface area contributed by atoms with Gasteiger partial charge < -0.3 is 10.5 Å². The van der Waals surface area contributed by atoms with E-state index in [-0.39, 0.29) is 23.1 Å². The molecule has 5 rings (SSSR count). The molecule has 1 saturated carbocycles. The van der Waals surface area contributed by atoms with Gasteiger partial charge in [-0.2, -0.15) is 0 Å². The van der Waals surface area contributed by atoms with E-state index in [2.05, 4.69) is 11.1 Å². The van der Waals surface area contributed by atoms with Crippen molar-refractivity contribution in [3.05, 3.63) is 107 Å². The van der Waals surface area contributed by atoms with Crippen LogP contribution in [0.5, 0.6) is 0 Å². The maximum atomic E-state index is 12.2. The summed E-state index contributed by atoms with van der Waals surface area (Å²) >= 11 is 1.27. The van der Waals surface area contributed by atoms with Gasteiger partial charge in [0.05, 0.1) is 17.2 Å². The summed E-state index contributed by atoms with van der Waals surface area (Å²) in [7, 11) is -3.81. The quantitative estimate of drug-likeness (QED) is 0.180. The summed E-state index contributed by atoms with van der Waals surface area (Å²) < 4.78 is 28.7. The van der Waals surface area contributed by atoms with Gasteiger partial charge in [-0.1, -0.05) is 60.7 Å². The van der Waals surface area contributed by atoms with Gasteiger partial charge >= 0.3 is 5.97 Å². The smallest absolute Gasteiger partial charge is 0.357 e. The fraction of sp³-hybridized carbons (Fsp3) is 0.194. The predicted molar refractivity (Wildman–Crippen MR) is 162 cm³/mol. The molecule has 0 aliphatic heterocycles. The fourth-order valence-electron chi connectivity index (χ4n) is 4.48. The van der Waals surface area contributed by atoms with E-state index in [0.29, 0.717) is 17.2 Å². The SMILES string of the molecule is CCOC(=O)c1csc(N=C(C(Cc2ccc(S(N)(=O)=O)cc2)=C(N)c2cccc(-c3ccccc3)c2)C2CC2)n1. The molecule has 10 heteroatoms. The molecule has 1 aromatic heterocycles. The number of allylic oxidation sites excluding steroid dienone is 1. The molecule has 0 amide bonds. The van der Waals surface area contributed by atoms with E-state index in [1.807, 2.05) is 48.5 Å². The number of carbonyl (C=O) groups is 1. The van der Waals surface area contributed by atoms with Crippen molar-refractivity contribution < 1.29 is 17.9 Å². The Hall–Kier alpha value is -4.12. The number of hydrogen-bond acceptors (Lipinski definition) is 8. The first-order valence-corrected chi connectivity index (χ1v) is 15.6. The predicted octanol–water partition coefficient (Wildman–Crippen LogP) is 5.73. The van der Waals surface area contributed by atoms with E-state index in [1.165, 1.54) is 23.5 Å². The number of thiazole rings is 1. The number of rotatable bonds is 10. The highest BCUT2D eigenvalue weighted by atomic mass is 32.2. The zero-order chi connectivity index (χ0) is 29.0. The standard InChI is InChI=1S/C31H30N4O4S2/c1-2-39-30(36)27-19-40-31(34-27)35-29(22-13-14-22)26(17-20-11-15-25(16-12-20)41(33,37)38)28(32)24-10-6-9-23(18-24)21-7-4-3-5-8-21/h3-12,15-16,18-19,22H,2,13-14,17,32H2,1H3,(H2,33,37,38). The zero-order valence-electron chi connectivity index (χ0n) is 22.5. The lowest BCUT2D eigenvalue weighted by Gasteiger charge is -2.16. The molecule has 1 aliphatic rings. The monoisotopic (exact) mass is 586 g/mol. The lowest BCUT2D eigenvalue weighted by Crippen LogP contribution is -2.15. The highest BCUT2D eigenvalue weighted by Gasteiger charge is 2.32. The second kappa shape index (κ2) is 12.2. The van der Waals surface area contributed by atoms with Gasteiger partial charge in [-0.25, -0.2) is 28.3 Å². The van der Waals surface area contributed by atoms with Crippen LogP contribution in [0.15, 0.2) is 99.7 Å². The summed E-state index contributed by atoms with van der Waals surface area (Å²) in [6.45, 7) is 2.01. The summed E-state index contributed by atoms with van der Waals surface area (Å²) in [5.74, 6) is -0.291. The Morgan fingerprint density at radius 1 is 1.02 bits per heavy atom. The third-order valence-corrected chi connectivity index (χ3v) is 8.37. The molecular formula is C31H30N4O4S2. The Balaban J connectivity index is 1.60. The third-order valence-electron chi connectivity index (χ3n) is 6.70. The van der Waals surface area contributed by atoms with Crippen molar-refractivity contribution in [1.29, 1.82) is 0 Å². The first kappa shape index (κ1) is 28.4. The van der Waals surface area contributed by atoms with Crippen molar-refractivity contribution in [3.8, 4) is 11.1 Å². The maximum absolute atomic E-state index is 12.2. The van der Waals surface area contributed by atoms with Crippen molar-refractivity contribution in [2.24, 2.45) is 21.8 Å². The number of carbonyl (C=O) groups excluding carboxylic acids is 1. The lowest BCUT2D eigenvalue weighted by molar-refractivity contribution is 0.0520. The van der Waals surface area contributed by atoms with Crippen LogP contribution in [-0.4, -0.2) is 31.7 Å². The van der Waals surface area contributed by atoms with Crippen molar-refractivity contribution in [2.45, 2.75) is 31.1 Å². The average Bonchev–Trinajstić information content (AvgIpc) is 3.72. The van der Waals surface area contributed by atoms with Gasteiger partial charge in [0.25, 0.3) is 0 Å². The van der Waals surface area contributed by atoms with Crippen LogP contribution >= 0.6 is 11.3 Å². The second-order valence-corrected chi connectivity index (χ2v) is 12.1. The molecule has 0 atom stereocenters. The first-order valence-electron chi connectivity index (χ1n) is 13.2. The van der Waals surface area contributed by atoms with E-state index in [1.54, 1.807) is 24.4 Å². The number of ether oxygens (including phenoxy) is 1. The molecule has 0 radical (unpaired) electrons. The molecule has 0 saturated heterocycles. The Kier molecular flexibility index (Phi) is 8.44. The summed E-state index contributed by atoms with van der Waals surface area (Å²) in [4.78, 5) is 21.6. The normalized spacial score (nSPS) is 14.4. The summed E-state index contributed by atoms with van der Waals surface area (Å²) in [6.07, 6.45) is 2.33. The Labute approximate surface area is 243 Å². The molecule has 1 aliphatic carbocycles. The van der Waals surface area contributed by atoms with Crippen molar-refractivity contribution in [3.63, 3.8) is 0 Å². The molecule has 3 aromatic carbocycles. The number of hydrogen-bond donors (Lipinski definition) is 2. The van der Waals surface area contributed by atoms with Crippen LogP contribution < -0.4 is 10.9 Å². The number of primary sulfonamides is 1. The minimum Gasteiger partial charge on any atom is -0.461 e. The Morgan fingerprint density at radius 3 is 2.39 bits per heavy atom. The fourth-order valence-corrected chi connectivity index (χ4v) is 5.66. The molecule has 8 nitrogen and oxygen atoms in total. The molecule has 1 heterocycles. The van der Waals surface area contributed by atoms with E-state index < -0.39 is 16.0 Å². The number of aliphatic imine (C=N–C) groups is 1. The van der Waals surface area contributed by atoms with Crippen molar-refractivity contribution >= 4 is 43.9 Å². The maximum Gasteiger partial charge on any atom is 0.357 e. The van der Waals surface area contributed by atoms with Gasteiger partial charge in [0, 0.05) is 29.0 Å². The summed E-state index contributed by atoms with van der Waals surface area (Å²) in [5.41, 5.74) is 13.2. The number of nitrogens with two attached hydrogens (primary N) is 2. The van der Waals surface area contributed by atoms with Gasteiger partial charge in [-0.05, 0) is 60.2 Å². The van der Waals surface area contributed by atoms with Crippen LogP contribution in [0.3, 0.4) is 0 Å². The van der Waals surface area contributed by atoms with E-state index in [4.69, 9.17) is 20.6 Å². The number of aromatic nitrogens is 1. The van der Waals surface area contributed by atoms with Crippen LogP contribution in [0.4, 0.5) is 5.13 Å². The van der Waals surface area contributed by atoms with Crippen LogP contribution in [0.1, 0.15) is 41.4 Å². The minimum absolute atomic E-state index is 0.0423. The van der Waals surface area contributed by atoms with Crippen molar-refractivity contribution in [1.82, 2.24) is 4.98 Å². The van der Waals surface area contributed by atoms with Gasteiger partial charge in [0.15, 0.2) is 5.69 Å². The van der Waals surface area contributed by atoms with Crippen molar-refractivity contribution in [2.75, 3.05) is 6.61 Å². The summed E-state index contributed by atoms with van der Waals surface area (Å²) in [6, 6.07) is 24.6. The number of sulfonamides is 1. The summed E-state index contributed by atoms with van der Waals surface area (Å²) in [5, 5.41) is 7.39. The highest BCUT2D eigenvalue weighted by Crippen LogP contribution is 2.38. The molecular weight excluding hydrogens is 556 g/mol. The van der Waals surface area contributed by atoms with Crippen LogP contribution in [-0.2, 0) is 21.2 Å². The molecule has 1 fully saturated rings.